The van der Waals surface area contributed by atoms with Gasteiger partial charge in [0, 0.05) is 18.3 Å². The van der Waals surface area contributed by atoms with Crippen LogP contribution in [0.5, 0.6) is 0 Å². The van der Waals surface area contributed by atoms with Crippen molar-refractivity contribution in [1.82, 2.24) is 15.5 Å². The van der Waals surface area contributed by atoms with E-state index in [4.69, 9.17) is 9.47 Å². The number of hydrogen-bond donors (Lipinski definition) is 3. The van der Waals surface area contributed by atoms with Gasteiger partial charge in [-0.15, -0.1) is 0 Å². The van der Waals surface area contributed by atoms with Crippen molar-refractivity contribution in [3.05, 3.63) is 29.3 Å². The van der Waals surface area contributed by atoms with Crippen LogP contribution in [0.1, 0.15) is 59.7 Å². The van der Waals surface area contributed by atoms with Gasteiger partial charge in [-0.2, -0.15) is 0 Å². The number of methoxy groups -OCH3 is 2. The number of fused-ring (bicyclic) bond motifs is 1. The first-order chi connectivity index (χ1) is 16.3. The number of amides is 4. The van der Waals surface area contributed by atoms with Gasteiger partial charge >= 0.3 is 18.0 Å². The molecule has 4 amide bonds. The molecule has 11 heteroatoms. The summed E-state index contributed by atoms with van der Waals surface area (Å²) in [5, 5.41) is 8.33. The molecule has 0 bridgehead atoms. The summed E-state index contributed by atoms with van der Waals surface area (Å²) in [7, 11) is 2.39. The van der Waals surface area contributed by atoms with E-state index in [1.165, 1.54) is 37.3 Å². The highest BCUT2D eigenvalue weighted by Crippen LogP contribution is 2.30. The summed E-state index contributed by atoms with van der Waals surface area (Å²) in [4.78, 5) is 64.2. The number of urea groups is 1. The van der Waals surface area contributed by atoms with E-state index >= 15 is 0 Å². The van der Waals surface area contributed by atoms with Crippen molar-refractivity contribution in [3.63, 3.8) is 0 Å². The van der Waals surface area contributed by atoms with Crippen LogP contribution in [0.25, 0.3) is 0 Å². The number of nitrogens with one attached hydrogen (secondary N) is 3. The van der Waals surface area contributed by atoms with E-state index < -0.39 is 23.9 Å². The van der Waals surface area contributed by atoms with Crippen molar-refractivity contribution in [2.24, 2.45) is 0 Å². The molecule has 0 spiro atoms. The Morgan fingerprint density at radius 2 is 1.65 bits per heavy atom. The van der Waals surface area contributed by atoms with Gasteiger partial charge < -0.3 is 30.3 Å². The van der Waals surface area contributed by atoms with Gasteiger partial charge in [-0.1, -0.05) is 12.8 Å². The molecule has 3 N–H and O–H groups in total. The Labute approximate surface area is 197 Å². The first-order valence-corrected chi connectivity index (χ1v) is 11.3. The Balaban J connectivity index is 1.83. The fourth-order valence-electron chi connectivity index (χ4n) is 4.53. The Morgan fingerprint density at radius 3 is 2.24 bits per heavy atom. The lowest BCUT2D eigenvalue weighted by Gasteiger charge is -2.47. The quantitative estimate of drug-likeness (QED) is 0.529. The number of rotatable bonds is 6. The van der Waals surface area contributed by atoms with Gasteiger partial charge in [0.15, 0.2) is 0 Å². The van der Waals surface area contributed by atoms with Crippen molar-refractivity contribution < 1.29 is 33.4 Å². The Kier molecular flexibility index (Phi) is 8.08. The molecule has 1 heterocycles. The summed E-state index contributed by atoms with van der Waals surface area (Å²) in [5.41, 5.74) is 0.250. The van der Waals surface area contributed by atoms with E-state index in [-0.39, 0.29) is 47.3 Å². The van der Waals surface area contributed by atoms with Crippen LogP contribution in [0.3, 0.4) is 0 Å². The van der Waals surface area contributed by atoms with E-state index in [0.717, 1.165) is 25.7 Å². The molecule has 184 valence electrons. The number of piperazine rings is 1. The van der Waals surface area contributed by atoms with Crippen molar-refractivity contribution >= 4 is 35.5 Å². The van der Waals surface area contributed by atoms with Crippen LogP contribution >= 0.6 is 0 Å². The molecule has 1 saturated heterocycles. The number of anilines is 1. The molecule has 11 nitrogen and oxygen atoms in total. The molecule has 1 aromatic rings. The van der Waals surface area contributed by atoms with Crippen LogP contribution in [-0.2, 0) is 19.1 Å². The minimum absolute atomic E-state index is 0.0464. The largest absolute Gasteiger partial charge is 0.465 e. The number of benzene rings is 1. The van der Waals surface area contributed by atoms with Gasteiger partial charge in [-0.25, -0.2) is 14.4 Å². The van der Waals surface area contributed by atoms with Crippen LogP contribution in [0.2, 0.25) is 0 Å². The monoisotopic (exact) mass is 474 g/mol. The molecule has 0 aromatic heterocycles. The fourth-order valence-corrected chi connectivity index (χ4v) is 4.53. The maximum absolute atomic E-state index is 12.9. The third-order valence-corrected chi connectivity index (χ3v) is 6.05. The highest BCUT2D eigenvalue weighted by Gasteiger charge is 2.45. The van der Waals surface area contributed by atoms with Crippen molar-refractivity contribution in [1.29, 1.82) is 0 Å². The standard InChI is InChI=1S/C23H30N4O7/c1-4-24-23(32)27-17-8-6-5-7-16(17)26-20(29)18(27)12-19(28)25-15-10-13(21(30)33-2)9-14(11-15)22(31)34-3/h9-11,16-18H,4-8,12H2,1-3H3,(H,24,32)(H,25,28)(H,26,29). The van der Waals surface area contributed by atoms with Crippen LogP contribution < -0.4 is 16.0 Å². The Morgan fingerprint density at radius 1 is 1.03 bits per heavy atom. The molecule has 2 fully saturated rings. The van der Waals surface area contributed by atoms with Gasteiger partial charge in [0.1, 0.15) is 6.04 Å². The molecular weight excluding hydrogens is 444 g/mol. The number of carbonyl (C=O) groups excluding carboxylic acids is 5. The maximum atomic E-state index is 12.9. The smallest absolute Gasteiger partial charge is 0.337 e. The molecular formula is C23H30N4O7. The topological polar surface area (TPSA) is 143 Å². The summed E-state index contributed by atoms with van der Waals surface area (Å²) in [5.74, 6) is -2.33. The molecule has 1 aromatic carbocycles. The summed E-state index contributed by atoms with van der Waals surface area (Å²) in [6.07, 6.45) is 3.13. The first-order valence-electron chi connectivity index (χ1n) is 11.3. The molecule has 1 aliphatic heterocycles. The minimum Gasteiger partial charge on any atom is -0.465 e. The lowest BCUT2D eigenvalue weighted by molar-refractivity contribution is -0.135. The molecule has 2 aliphatic rings. The van der Waals surface area contributed by atoms with E-state index in [9.17, 15) is 24.0 Å². The average molecular weight is 475 g/mol. The average Bonchev–Trinajstić information content (AvgIpc) is 2.83. The zero-order valence-electron chi connectivity index (χ0n) is 19.5. The molecule has 34 heavy (non-hydrogen) atoms. The number of carbonyl (C=O) groups is 5. The highest BCUT2D eigenvalue weighted by atomic mass is 16.5. The third kappa shape index (κ3) is 5.46. The number of ether oxygens (including phenoxy) is 2. The lowest BCUT2D eigenvalue weighted by Crippen LogP contribution is -2.69. The van der Waals surface area contributed by atoms with Gasteiger partial charge in [0.2, 0.25) is 11.8 Å². The summed E-state index contributed by atoms with van der Waals surface area (Å²) in [6, 6.07) is 2.31. The van der Waals surface area contributed by atoms with Crippen molar-refractivity contribution in [2.45, 2.75) is 57.2 Å². The Hall–Kier alpha value is -3.63. The van der Waals surface area contributed by atoms with Crippen LogP contribution in [0, 0.1) is 0 Å². The third-order valence-electron chi connectivity index (χ3n) is 6.05. The van der Waals surface area contributed by atoms with Crippen LogP contribution in [0.15, 0.2) is 18.2 Å². The van der Waals surface area contributed by atoms with Crippen LogP contribution in [0.4, 0.5) is 10.5 Å². The molecule has 1 aliphatic carbocycles. The first kappa shape index (κ1) is 25.0. The van der Waals surface area contributed by atoms with E-state index in [0.29, 0.717) is 6.54 Å². The zero-order valence-corrected chi connectivity index (χ0v) is 19.5. The number of hydrogen-bond acceptors (Lipinski definition) is 7. The molecule has 1 saturated carbocycles. The second kappa shape index (κ2) is 11.0. The maximum Gasteiger partial charge on any atom is 0.337 e. The van der Waals surface area contributed by atoms with Gasteiger partial charge in [0.25, 0.3) is 0 Å². The highest BCUT2D eigenvalue weighted by molar-refractivity contribution is 6.01. The predicted octanol–water partition coefficient (Wildman–Crippen LogP) is 1.43. The SMILES string of the molecule is CCNC(=O)N1C(CC(=O)Nc2cc(C(=O)OC)cc(C(=O)OC)c2)C(=O)NC2CCCCC21. The second-order valence-corrected chi connectivity index (χ2v) is 8.26. The van der Waals surface area contributed by atoms with Crippen molar-refractivity contribution in [2.75, 3.05) is 26.1 Å². The summed E-state index contributed by atoms with van der Waals surface area (Å²) < 4.78 is 9.41. The number of esters is 2. The van der Waals surface area contributed by atoms with E-state index in [1.54, 1.807) is 6.92 Å². The molecule has 3 atom stereocenters. The number of nitrogens with zero attached hydrogens (tertiary/aromatic N) is 1. The van der Waals surface area contributed by atoms with Gasteiger partial charge in [0.05, 0.1) is 37.8 Å². The molecule has 0 radical (unpaired) electrons. The summed E-state index contributed by atoms with van der Waals surface area (Å²) >= 11 is 0. The second-order valence-electron chi connectivity index (χ2n) is 8.26. The predicted molar refractivity (Wildman–Crippen MR) is 121 cm³/mol. The van der Waals surface area contributed by atoms with Crippen LogP contribution in [-0.4, -0.2) is 73.6 Å². The molecule has 3 unspecified atom stereocenters. The van der Waals surface area contributed by atoms with E-state index in [2.05, 4.69) is 16.0 Å². The fraction of sp³-hybridized carbons (Fsp3) is 0.522. The minimum atomic E-state index is -0.991. The zero-order chi connectivity index (χ0) is 24.8. The van der Waals surface area contributed by atoms with E-state index in [1.807, 2.05) is 0 Å². The van der Waals surface area contributed by atoms with Crippen molar-refractivity contribution in [3.8, 4) is 0 Å². The lowest BCUT2D eigenvalue weighted by atomic mass is 9.85. The summed E-state index contributed by atoms with van der Waals surface area (Å²) in [6.45, 7) is 2.18. The Bertz CT molecular complexity index is 946. The normalized spacial score (nSPS) is 21.6. The van der Waals surface area contributed by atoms with Gasteiger partial charge in [-0.05, 0) is 38.0 Å². The van der Waals surface area contributed by atoms with Gasteiger partial charge in [-0.3, -0.25) is 9.59 Å². The molecule has 3 rings (SSSR count).